The molecule has 0 radical (unpaired) electrons. The molecule has 2 rings (SSSR count). The first-order valence-electron chi connectivity index (χ1n) is 5.93. The largest absolute Gasteiger partial charge is 0.314 e. The Morgan fingerprint density at radius 1 is 1.59 bits per heavy atom. The van der Waals surface area contributed by atoms with Crippen molar-refractivity contribution in [3.05, 3.63) is 29.6 Å². The smallest absolute Gasteiger partial charge is 0.140 e. The highest BCUT2D eigenvalue weighted by Gasteiger charge is 2.29. The number of pyridine rings is 1. The molecule has 0 aliphatic carbocycles. The molecule has 17 heavy (non-hydrogen) atoms. The first-order chi connectivity index (χ1) is 8.12. The van der Waals surface area contributed by atoms with Crippen molar-refractivity contribution in [1.82, 2.24) is 15.2 Å². The van der Waals surface area contributed by atoms with Gasteiger partial charge in [-0.3, -0.25) is 4.90 Å². The van der Waals surface area contributed by atoms with Crippen molar-refractivity contribution in [2.45, 2.75) is 25.9 Å². The third-order valence-electron chi connectivity index (χ3n) is 3.28. The molecule has 0 spiro atoms. The summed E-state index contributed by atoms with van der Waals surface area (Å²) >= 11 is 0. The third kappa shape index (κ3) is 2.82. The Hall–Kier alpha value is -1.44. The fourth-order valence-corrected chi connectivity index (χ4v) is 2.17. The molecule has 1 aromatic heterocycles. The van der Waals surface area contributed by atoms with Gasteiger partial charge in [0.25, 0.3) is 0 Å². The van der Waals surface area contributed by atoms with Gasteiger partial charge in [-0.05, 0) is 31.5 Å². The van der Waals surface area contributed by atoms with Gasteiger partial charge in [0.1, 0.15) is 11.8 Å². The molecule has 90 valence electrons. The van der Waals surface area contributed by atoms with Crippen molar-refractivity contribution < 1.29 is 0 Å². The topological polar surface area (TPSA) is 52.0 Å². The van der Waals surface area contributed by atoms with Crippen molar-refractivity contribution in [3.8, 4) is 6.07 Å². The van der Waals surface area contributed by atoms with E-state index in [1.54, 1.807) is 6.20 Å². The van der Waals surface area contributed by atoms with Crippen molar-refractivity contribution in [2.75, 3.05) is 19.6 Å². The predicted octanol–water partition coefficient (Wildman–Crippen LogP) is 1.14. The molecule has 1 aliphatic rings. The molecule has 0 unspecified atom stereocenters. The molecule has 0 amide bonds. The molecule has 1 aromatic rings. The Labute approximate surface area is 102 Å². The highest BCUT2D eigenvalue weighted by Crippen LogP contribution is 2.19. The van der Waals surface area contributed by atoms with Crippen LogP contribution in [-0.4, -0.2) is 35.1 Å². The first-order valence-corrected chi connectivity index (χ1v) is 5.93. The number of rotatable bonds is 2. The van der Waals surface area contributed by atoms with Crippen LogP contribution in [0.5, 0.6) is 0 Å². The zero-order chi connectivity index (χ0) is 12.3. The van der Waals surface area contributed by atoms with Gasteiger partial charge in [-0.2, -0.15) is 5.26 Å². The Morgan fingerprint density at radius 2 is 2.41 bits per heavy atom. The van der Waals surface area contributed by atoms with Crippen LogP contribution in [0.2, 0.25) is 0 Å². The van der Waals surface area contributed by atoms with Gasteiger partial charge in [0.2, 0.25) is 0 Å². The minimum Gasteiger partial charge on any atom is -0.314 e. The maximum Gasteiger partial charge on any atom is 0.140 e. The highest BCUT2D eigenvalue weighted by atomic mass is 15.2. The van der Waals surface area contributed by atoms with Crippen LogP contribution in [0.3, 0.4) is 0 Å². The fourth-order valence-electron chi connectivity index (χ4n) is 2.17. The molecule has 0 aromatic carbocycles. The molecule has 0 saturated carbocycles. The fraction of sp³-hybridized carbons (Fsp3) is 0.538. The van der Waals surface area contributed by atoms with Crippen molar-refractivity contribution in [3.63, 3.8) is 0 Å². The zero-order valence-electron chi connectivity index (χ0n) is 10.4. The maximum absolute atomic E-state index is 8.83. The summed E-state index contributed by atoms with van der Waals surface area (Å²) in [5.74, 6) is 0. The average molecular weight is 230 g/mol. The van der Waals surface area contributed by atoms with Gasteiger partial charge in [-0.25, -0.2) is 4.98 Å². The number of piperazine rings is 1. The summed E-state index contributed by atoms with van der Waals surface area (Å²) in [7, 11) is 0. The molecule has 1 N–H and O–H groups in total. The molecular weight excluding hydrogens is 212 g/mol. The molecule has 0 atom stereocenters. The standard InChI is InChI=1S/C13H18N4/c1-13(2)10-15-5-6-17(13)9-11-3-4-16-12(7-11)8-14/h3-4,7,15H,5-6,9-10H2,1-2H3. The van der Waals surface area contributed by atoms with Gasteiger partial charge < -0.3 is 5.32 Å². The number of nitrogens with one attached hydrogen (secondary N) is 1. The Balaban J connectivity index is 2.12. The quantitative estimate of drug-likeness (QED) is 0.827. The van der Waals surface area contributed by atoms with Crippen molar-refractivity contribution in [2.24, 2.45) is 0 Å². The number of hydrogen-bond acceptors (Lipinski definition) is 4. The molecule has 1 fully saturated rings. The Morgan fingerprint density at radius 3 is 3.12 bits per heavy atom. The Bertz CT molecular complexity index is 433. The molecular formula is C13H18N4. The molecule has 1 saturated heterocycles. The molecule has 4 heteroatoms. The van der Waals surface area contributed by atoms with E-state index >= 15 is 0 Å². The average Bonchev–Trinajstić information content (AvgIpc) is 2.32. The van der Waals surface area contributed by atoms with Gasteiger partial charge in [0.15, 0.2) is 0 Å². The summed E-state index contributed by atoms with van der Waals surface area (Å²) in [5, 5.41) is 12.2. The monoisotopic (exact) mass is 230 g/mol. The van der Waals surface area contributed by atoms with Crippen LogP contribution in [0.15, 0.2) is 18.3 Å². The second-order valence-electron chi connectivity index (χ2n) is 5.07. The normalized spacial score (nSPS) is 19.8. The van der Waals surface area contributed by atoms with E-state index in [1.165, 1.54) is 0 Å². The van der Waals surface area contributed by atoms with Crippen LogP contribution >= 0.6 is 0 Å². The molecule has 4 nitrogen and oxygen atoms in total. The molecule has 1 aliphatic heterocycles. The van der Waals surface area contributed by atoms with Gasteiger partial charge in [0, 0.05) is 37.9 Å². The van der Waals surface area contributed by atoms with Gasteiger partial charge in [-0.15, -0.1) is 0 Å². The van der Waals surface area contributed by atoms with Crippen LogP contribution in [0.1, 0.15) is 25.1 Å². The third-order valence-corrected chi connectivity index (χ3v) is 3.28. The lowest BCUT2D eigenvalue weighted by atomic mass is 9.99. The second-order valence-corrected chi connectivity index (χ2v) is 5.07. The van der Waals surface area contributed by atoms with Gasteiger partial charge in [-0.1, -0.05) is 0 Å². The molecule has 0 bridgehead atoms. The Kier molecular flexibility index (Phi) is 3.41. The SMILES string of the molecule is CC1(C)CNCCN1Cc1ccnc(C#N)c1. The lowest BCUT2D eigenvalue weighted by Crippen LogP contribution is -2.57. The van der Waals surface area contributed by atoms with Crippen LogP contribution < -0.4 is 5.32 Å². The maximum atomic E-state index is 8.83. The van der Waals surface area contributed by atoms with Crippen LogP contribution in [0.25, 0.3) is 0 Å². The number of nitriles is 1. The van der Waals surface area contributed by atoms with Crippen LogP contribution in [0, 0.1) is 11.3 Å². The van der Waals surface area contributed by atoms with E-state index in [9.17, 15) is 0 Å². The van der Waals surface area contributed by atoms with E-state index in [0.29, 0.717) is 5.69 Å². The van der Waals surface area contributed by atoms with Crippen molar-refractivity contribution >= 4 is 0 Å². The minimum atomic E-state index is 0.161. The van der Waals surface area contributed by atoms with E-state index in [-0.39, 0.29) is 5.54 Å². The van der Waals surface area contributed by atoms with Crippen molar-refractivity contribution in [1.29, 1.82) is 5.26 Å². The van der Waals surface area contributed by atoms with E-state index in [0.717, 1.165) is 31.7 Å². The van der Waals surface area contributed by atoms with E-state index in [4.69, 9.17) is 5.26 Å². The second kappa shape index (κ2) is 4.82. The lowest BCUT2D eigenvalue weighted by Gasteiger charge is -2.42. The lowest BCUT2D eigenvalue weighted by molar-refractivity contribution is 0.0827. The summed E-state index contributed by atoms with van der Waals surface area (Å²) in [5.41, 5.74) is 1.82. The number of nitrogens with zero attached hydrogens (tertiary/aromatic N) is 3. The van der Waals surface area contributed by atoms with Crippen LogP contribution in [0.4, 0.5) is 0 Å². The first kappa shape index (κ1) is 12.0. The zero-order valence-corrected chi connectivity index (χ0v) is 10.4. The summed E-state index contributed by atoms with van der Waals surface area (Å²) in [6, 6.07) is 5.94. The van der Waals surface area contributed by atoms with Gasteiger partial charge >= 0.3 is 0 Å². The predicted molar refractivity (Wildman–Crippen MR) is 66.3 cm³/mol. The summed E-state index contributed by atoms with van der Waals surface area (Å²) in [6.45, 7) is 8.43. The summed E-state index contributed by atoms with van der Waals surface area (Å²) < 4.78 is 0. The minimum absolute atomic E-state index is 0.161. The van der Waals surface area contributed by atoms with Crippen LogP contribution in [-0.2, 0) is 6.54 Å². The van der Waals surface area contributed by atoms with E-state index in [2.05, 4.69) is 35.1 Å². The van der Waals surface area contributed by atoms with E-state index in [1.807, 2.05) is 12.1 Å². The summed E-state index contributed by atoms with van der Waals surface area (Å²) in [4.78, 5) is 6.44. The molecule has 2 heterocycles. The number of hydrogen-bond donors (Lipinski definition) is 1. The van der Waals surface area contributed by atoms with Gasteiger partial charge in [0.05, 0.1) is 0 Å². The highest BCUT2D eigenvalue weighted by molar-refractivity contribution is 5.25. The number of aromatic nitrogens is 1. The van der Waals surface area contributed by atoms with E-state index < -0.39 is 0 Å². The summed E-state index contributed by atoms with van der Waals surface area (Å²) in [6.07, 6.45) is 1.71.